The molecule has 27 heavy (non-hydrogen) atoms. The van der Waals surface area contributed by atoms with E-state index < -0.39 is 22.1 Å². The fourth-order valence-electron chi connectivity index (χ4n) is 2.53. The van der Waals surface area contributed by atoms with E-state index in [-0.39, 0.29) is 22.6 Å². The van der Waals surface area contributed by atoms with Crippen LogP contribution in [0.1, 0.15) is 29.2 Å². The van der Waals surface area contributed by atoms with Crippen LogP contribution in [0.4, 0.5) is 5.69 Å². The van der Waals surface area contributed by atoms with Gasteiger partial charge in [-0.05, 0) is 31.2 Å². The van der Waals surface area contributed by atoms with Crippen LogP contribution in [0, 0.1) is 0 Å². The number of hydrogen-bond donors (Lipinski definition) is 2. The molecule has 0 radical (unpaired) electrons. The van der Waals surface area contributed by atoms with E-state index >= 15 is 0 Å². The minimum atomic E-state index is -3.56. The number of anilines is 1. The highest BCUT2D eigenvalue weighted by atomic mass is 32.2. The van der Waals surface area contributed by atoms with Crippen molar-refractivity contribution in [1.29, 1.82) is 0 Å². The predicted octanol–water partition coefficient (Wildman–Crippen LogP) is 2.21. The van der Waals surface area contributed by atoms with Crippen molar-refractivity contribution >= 4 is 32.6 Å². The fourth-order valence-corrected chi connectivity index (χ4v) is 3.10. The Hall–Kier alpha value is -3.20. The summed E-state index contributed by atoms with van der Waals surface area (Å²) in [5, 5.41) is 0.433. The van der Waals surface area contributed by atoms with E-state index in [1.54, 1.807) is 43.3 Å². The SMILES string of the molecule is C[C@H](OC(=O)c1ccccc1NS(C)(=O)=O)c1nc2ccccc2c(=O)[nH]1. The molecule has 140 valence electrons. The highest BCUT2D eigenvalue weighted by Crippen LogP contribution is 2.21. The molecule has 0 aliphatic heterocycles. The van der Waals surface area contributed by atoms with Crippen LogP contribution >= 0.6 is 0 Å². The number of H-pyrrole nitrogens is 1. The molecule has 0 amide bonds. The van der Waals surface area contributed by atoms with Crippen LogP contribution in [-0.4, -0.2) is 30.6 Å². The molecule has 0 bridgehead atoms. The van der Waals surface area contributed by atoms with Gasteiger partial charge in [-0.1, -0.05) is 24.3 Å². The van der Waals surface area contributed by atoms with Crippen molar-refractivity contribution in [2.45, 2.75) is 13.0 Å². The van der Waals surface area contributed by atoms with Crippen molar-refractivity contribution in [2.24, 2.45) is 0 Å². The second kappa shape index (κ2) is 7.20. The summed E-state index contributed by atoms with van der Waals surface area (Å²) in [4.78, 5) is 31.6. The van der Waals surface area contributed by atoms with Gasteiger partial charge in [0.15, 0.2) is 11.9 Å². The summed E-state index contributed by atoms with van der Waals surface area (Å²) in [6.07, 6.45) is 0.141. The molecule has 3 aromatic rings. The number of fused-ring (bicyclic) bond motifs is 1. The zero-order valence-electron chi connectivity index (χ0n) is 14.6. The quantitative estimate of drug-likeness (QED) is 0.648. The predicted molar refractivity (Wildman–Crippen MR) is 101 cm³/mol. The van der Waals surface area contributed by atoms with Crippen LogP contribution in [0.2, 0.25) is 0 Å². The van der Waals surface area contributed by atoms with Gasteiger partial charge in [0, 0.05) is 0 Å². The van der Waals surface area contributed by atoms with Gasteiger partial charge in [-0.3, -0.25) is 9.52 Å². The number of rotatable bonds is 5. The Morgan fingerprint density at radius 1 is 1.15 bits per heavy atom. The number of nitrogens with one attached hydrogen (secondary N) is 2. The molecule has 0 fully saturated rings. The van der Waals surface area contributed by atoms with Gasteiger partial charge in [0.05, 0.1) is 28.4 Å². The van der Waals surface area contributed by atoms with Crippen molar-refractivity contribution < 1.29 is 17.9 Å². The number of aromatic amines is 1. The molecular weight excluding hydrogens is 370 g/mol. The van der Waals surface area contributed by atoms with E-state index in [9.17, 15) is 18.0 Å². The fraction of sp³-hybridized carbons (Fsp3) is 0.167. The van der Waals surface area contributed by atoms with Gasteiger partial charge in [-0.25, -0.2) is 18.2 Å². The average Bonchev–Trinajstić information content (AvgIpc) is 2.60. The van der Waals surface area contributed by atoms with Crippen LogP contribution in [0.15, 0.2) is 53.3 Å². The summed E-state index contributed by atoms with van der Waals surface area (Å²) in [5.41, 5.74) is 0.311. The first kappa shape index (κ1) is 18.6. The largest absolute Gasteiger partial charge is 0.451 e. The number of hydrogen-bond acceptors (Lipinski definition) is 6. The van der Waals surface area contributed by atoms with Crippen LogP contribution in [0.3, 0.4) is 0 Å². The Bertz CT molecular complexity index is 1170. The molecule has 0 aliphatic carbocycles. The van der Waals surface area contributed by atoms with Gasteiger partial charge in [-0.15, -0.1) is 0 Å². The monoisotopic (exact) mass is 387 g/mol. The zero-order valence-corrected chi connectivity index (χ0v) is 15.4. The number of carbonyl (C=O) groups excluding carboxylic acids is 1. The molecule has 0 unspecified atom stereocenters. The first-order valence-corrected chi connectivity index (χ1v) is 9.90. The maximum Gasteiger partial charge on any atom is 0.340 e. The van der Waals surface area contributed by atoms with Crippen molar-refractivity contribution in [1.82, 2.24) is 9.97 Å². The molecule has 9 heteroatoms. The molecule has 0 saturated carbocycles. The second-order valence-electron chi connectivity index (χ2n) is 5.94. The van der Waals surface area contributed by atoms with Crippen molar-refractivity contribution in [3.05, 3.63) is 70.3 Å². The van der Waals surface area contributed by atoms with Gasteiger partial charge in [0.1, 0.15) is 0 Å². The van der Waals surface area contributed by atoms with Crippen LogP contribution < -0.4 is 10.3 Å². The molecule has 1 heterocycles. The van der Waals surface area contributed by atoms with E-state index in [0.717, 1.165) is 6.26 Å². The van der Waals surface area contributed by atoms with Gasteiger partial charge in [0.2, 0.25) is 10.0 Å². The molecular formula is C18H17N3O5S. The third-order valence-corrected chi connectivity index (χ3v) is 4.33. The molecule has 0 spiro atoms. The van der Waals surface area contributed by atoms with E-state index in [0.29, 0.717) is 10.9 Å². The maximum atomic E-state index is 12.5. The number of carbonyl (C=O) groups is 1. The highest BCUT2D eigenvalue weighted by molar-refractivity contribution is 7.92. The molecule has 1 atom stereocenters. The lowest BCUT2D eigenvalue weighted by Crippen LogP contribution is -2.19. The van der Waals surface area contributed by atoms with Crippen LogP contribution in [0.25, 0.3) is 10.9 Å². The summed E-state index contributed by atoms with van der Waals surface area (Å²) < 4.78 is 30.6. The van der Waals surface area contributed by atoms with Crippen LogP contribution in [-0.2, 0) is 14.8 Å². The third-order valence-electron chi connectivity index (χ3n) is 3.74. The molecule has 2 N–H and O–H groups in total. The Labute approximate surface area is 155 Å². The number of benzene rings is 2. The van der Waals surface area contributed by atoms with Gasteiger partial charge >= 0.3 is 5.97 Å². The number of ether oxygens (including phenoxy) is 1. The first-order valence-electron chi connectivity index (χ1n) is 8.01. The third kappa shape index (κ3) is 4.32. The molecule has 1 aromatic heterocycles. The summed E-state index contributed by atoms with van der Waals surface area (Å²) in [5.74, 6) is -0.550. The Morgan fingerprint density at radius 3 is 2.56 bits per heavy atom. The van der Waals surface area contributed by atoms with E-state index in [2.05, 4.69) is 14.7 Å². The Kier molecular flexibility index (Phi) is 4.95. The van der Waals surface area contributed by atoms with Gasteiger partial charge in [0.25, 0.3) is 5.56 Å². The topological polar surface area (TPSA) is 118 Å². The Morgan fingerprint density at radius 2 is 1.81 bits per heavy atom. The van der Waals surface area contributed by atoms with Crippen molar-refractivity contribution in [3.8, 4) is 0 Å². The number of aromatic nitrogens is 2. The van der Waals surface area contributed by atoms with E-state index in [1.165, 1.54) is 12.1 Å². The maximum absolute atomic E-state index is 12.5. The lowest BCUT2D eigenvalue weighted by Gasteiger charge is -2.15. The summed E-state index contributed by atoms with van der Waals surface area (Å²) in [6.45, 7) is 1.57. The number of sulfonamides is 1. The molecule has 3 rings (SSSR count). The minimum Gasteiger partial charge on any atom is -0.451 e. The smallest absolute Gasteiger partial charge is 0.340 e. The summed E-state index contributed by atoms with van der Waals surface area (Å²) >= 11 is 0. The molecule has 0 saturated heterocycles. The van der Waals surface area contributed by atoms with Gasteiger partial charge in [-0.2, -0.15) is 0 Å². The standard InChI is InChI=1S/C18H17N3O5S/c1-11(16-19-14-9-5-3-7-12(14)17(22)20-16)26-18(23)13-8-4-6-10-15(13)21-27(2,24)25/h3-11,21H,1-2H3,(H,19,20,22)/t11-/m0/s1. The number of para-hydroxylation sites is 2. The first-order chi connectivity index (χ1) is 12.7. The summed E-state index contributed by atoms with van der Waals surface area (Å²) in [6, 6.07) is 12.9. The van der Waals surface area contributed by atoms with E-state index in [4.69, 9.17) is 4.74 Å². The number of nitrogens with zero attached hydrogens (tertiary/aromatic N) is 1. The number of esters is 1. The Balaban J connectivity index is 1.88. The minimum absolute atomic E-state index is 0.0536. The van der Waals surface area contributed by atoms with Crippen LogP contribution in [0.5, 0.6) is 0 Å². The molecule has 0 aliphatic rings. The highest BCUT2D eigenvalue weighted by Gasteiger charge is 2.20. The lowest BCUT2D eigenvalue weighted by molar-refractivity contribution is 0.0321. The summed E-state index contributed by atoms with van der Waals surface area (Å²) in [7, 11) is -3.56. The zero-order chi connectivity index (χ0) is 19.6. The lowest BCUT2D eigenvalue weighted by atomic mass is 10.2. The van der Waals surface area contributed by atoms with Gasteiger partial charge < -0.3 is 9.72 Å². The second-order valence-corrected chi connectivity index (χ2v) is 7.68. The normalized spacial score (nSPS) is 12.5. The van der Waals surface area contributed by atoms with Crippen molar-refractivity contribution in [3.63, 3.8) is 0 Å². The molecule has 8 nitrogen and oxygen atoms in total. The van der Waals surface area contributed by atoms with Crippen molar-refractivity contribution in [2.75, 3.05) is 11.0 Å². The average molecular weight is 387 g/mol. The van der Waals surface area contributed by atoms with E-state index in [1.807, 2.05) is 0 Å². The molecule has 2 aromatic carbocycles.